The zero-order valence-corrected chi connectivity index (χ0v) is 15.5. The molecule has 1 aliphatic heterocycles. The van der Waals surface area contributed by atoms with Gasteiger partial charge in [0.05, 0.1) is 11.8 Å². The van der Waals surface area contributed by atoms with E-state index >= 15 is 0 Å². The second-order valence-electron chi connectivity index (χ2n) is 6.18. The number of carbonyl (C=O) groups excluding carboxylic acids is 1. The summed E-state index contributed by atoms with van der Waals surface area (Å²) in [5, 5.41) is 1.73. The van der Waals surface area contributed by atoms with Crippen LogP contribution in [0.4, 0.5) is 5.69 Å². The summed E-state index contributed by atoms with van der Waals surface area (Å²) >= 11 is 5.94. The van der Waals surface area contributed by atoms with Crippen LogP contribution in [0, 0.1) is 13.8 Å². The van der Waals surface area contributed by atoms with Crippen molar-refractivity contribution in [3.05, 3.63) is 75.7 Å². The van der Waals surface area contributed by atoms with Crippen LogP contribution in [-0.2, 0) is 9.84 Å². The number of anilines is 1. The molecule has 0 unspecified atom stereocenters. The molecule has 0 aromatic heterocycles. The molecule has 25 heavy (non-hydrogen) atoms. The summed E-state index contributed by atoms with van der Waals surface area (Å²) < 4.78 is 23.7. The number of rotatable bonds is 3. The molecule has 0 saturated carbocycles. The van der Waals surface area contributed by atoms with Gasteiger partial charge in [-0.2, -0.15) is 0 Å². The first-order chi connectivity index (χ1) is 11.8. The molecule has 0 radical (unpaired) electrons. The van der Waals surface area contributed by atoms with E-state index in [1.165, 1.54) is 10.3 Å². The van der Waals surface area contributed by atoms with Gasteiger partial charge in [0, 0.05) is 21.7 Å². The van der Waals surface area contributed by atoms with Crippen molar-refractivity contribution >= 4 is 33.0 Å². The predicted octanol–water partition coefficient (Wildman–Crippen LogP) is 3.91. The Labute approximate surface area is 152 Å². The lowest BCUT2D eigenvalue weighted by molar-refractivity contribution is 0.0983. The van der Waals surface area contributed by atoms with Crippen molar-refractivity contribution in [3.8, 4) is 0 Å². The number of carbonyl (C=O) groups is 1. The molecule has 0 N–H and O–H groups in total. The Balaban J connectivity index is 2.04. The normalized spacial score (nSPS) is 18.3. The second kappa shape index (κ2) is 6.65. The zero-order chi connectivity index (χ0) is 18.2. The fourth-order valence-electron chi connectivity index (χ4n) is 2.79. The molecule has 3 rings (SSSR count). The third-order valence-electron chi connectivity index (χ3n) is 4.32. The fraction of sp³-hybridized carbons (Fsp3) is 0.211. The highest BCUT2D eigenvalue weighted by Crippen LogP contribution is 2.26. The fourth-order valence-corrected chi connectivity index (χ4v) is 4.19. The molecular formula is C19H18ClNO3S. The minimum atomic E-state index is -3.29. The standard InChI is InChI=1S/C19H18ClNO3S/c1-13-3-4-15(11-14(13)2)19(22)21(17-7-5-16(20)6-8-17)18-9-10-25(23,24)12-18/h3-11,18H,12H2,1-2H3/t18-/m1/s1. The average Bonchev–Trinajstić information content (AvgIpc) is 2.91. The third kappa shape index (κ3) is 3.78. The van der Waals surface area contributed by atoms with E-state index in [1.54, 1.807) is 36.4 Å². The van der Waals surface area contributed by atoms with Crippen molar-refractivity contribution in [2.24, 2.45) is 0 Å². The largest absolute Gasteiger partial charge is 0.300 e. The van der Waals surface area contributed by atoms with Crippen LogP contribution in [0.3, 0.4) is 0 Å². The van der Waals surface area contributed by atoms with Gasteiger partial charge in [0.15, 0.2) is 9.84 Å². The van der Waals surface area contributed by atoms with E-state index in [4.69, 9.17) is 11.6 Å². The Hall–Kier alpha value is -2.11. The van der Waals surface area contributed by atoms with Crippen LogP contribution in [-0.4, -0.2) is 26.1 Å². The predicted molar refractivity (Wildman–Crippen MR) is 101 cm³/mol. The van der Waals surface area contributed by atoms with E-state index in [0.29, 0.717) is 16.3 Å². The minimum Gasteiger partial charge on any atom is -0.300 e. The van der Waals surface area contributed by atoms with Crippen molar-refractivity contribution in [1.29, 1.82) is 0 Å². The number of aryl methyl sites for hydroxylation is 2. The first-order valence-electron chi connectivity index (χ1n) is 7.84. The van der Waals surface area contributed by atoms with Gasteiger partial charge in [-0.25, -0.2) is 8.42 Å². The number of hydrogen-bond donors (Lipinski definition) is 0. The molecule has 0 spiro atoms. The number of sulfone groups is 1. The second-order valence-corrected chi connectivity index (χ2v) is 8.54. The molecule has 4 nitrogen and oxygen atoms in total. The zero-order valence-electron chi connectivity index (χ0n) is 13.9. The van der Waals surface area contributed by atoms with E-state index in [0.717, 1.165) is 11.1 Å². The summed E-state index contributed by atoms with van der Waals surface area (Å²) in [5.41, 5.74) is 3.24. The van der Waals surface area contributed by atoms with Crippen molar-refractivity contribution in [1.82, 2.24) is 0 Å². The summed E-state index contributed by atoms with van der Waals surface area (Å²) in [6.45, 7) is 3.92. The molecule has 1 atom stereocenters. The summed E-state index contributed by atoms with van der Waals surface area (Å²) in [4.78, 5) is 14.7. The van der Waals surface area contributed by atoms with Crippen LogP contribution >= 0.6 is 11.6 Å². The highest BCUT2D eigenvalue weighted by molar-refractivity contribution is 7.94. The first-order valence-corrected chi connectivity index (χ1v) is 9.93. The third-order valence-corrected chi connectivity index (χ3v) is 5.95. The van der Waals surface area contributed by atoms with Crippen molar-refractivity contribution in [2.45, 2.75) is 19.9 Å². The van der Waals surface area contributed by atoms with Gasteiger partial charge in [-0.3, -0.25) is 4.79 Å². The number of amides is 1. The number of halogens is 1. The van der Waals surface area contributed by atoms with E-state index in [-0.39, 0.29) is 11.7 Å². The molecule has 1 aliphatic rings. The summed E-state index contributed by atoms with van der Waals surface area (Å²) in [5.74, 6) is -0.358. The number of nitrogens with zero attached hydrogens (tertiary/aromatic N) is 1. The first kappa shape index (κ1) is 17.7. The van der Waals surface area contributed by atoms with Gasteiger partial charge in [-0.05, 0) is 67.4 Å². The molecule has 2 aromatic carbocycles. The highest BCUT2D eigenvalue weighted by Gasteiger charge is 2.32. The summed E-state index contributed by atoms with van der Waals surface area (Å²) in [6, 6.07) is 11.8. The lowest BCUT2D eigenvalue weighted by Crippen LogP contribution is -2.41. The van der Waals surface area contributed by atoms with Gasteiger partial charge in [-0.1, -0.05) is 17.7 Å². The Morgan fingerprint density at radius 2 is 1.76 bits per heavy atom. The van der Waals surface area contributed by atoms with E-state index < -0.39 is 15.9 Å². The van der Waals surface area contributed by atoms with Crippen molar-refractivity contribution in [3.63, 3.8) is 0 Å². The van der Waals surface area contributed by atoms with Gasteiger partial charge < -0.3 is 4.90 Å². The molecule has 130 valence electrons. The monoisotopic (exact) mass is 375 g/mol. The Morgan fingerprint density at radius 1 is 1.08 bits per heavy atom. The van der Waals surface area contributed by atoms with Crippen molar-refractivity contribution < 1.29 is 13.2 Å². The quantitative estimate of drug-likeness (QED) is 0.817. The Bertz CT molecular complexity index is 949. The molecule has 2 aromatic rings. The van der Waals surface area contributed by atoms with E-state index in [2.05, 4.69) is 0 Å². The van der Waals surface area contributed by atoms with Gasteiger partial charge in [0.2, 0.25) is 0 Å². The number of hydrogen-bond acceptors (Lipinski definition) is 3. The minimum absolute atomic E-state index is 0.119. The lowest BCUT2D eigenvalue weighted by Gasteiger charge is -2.28. The molecule has 1 heterocycles. The average molecular weight is 376 g/mol. The topological polar surface area (TPSA) is 54.5 Å². The molecule has 0 saturated heterocycles. The van der Waals surface area contributed by atoms with Crippen LogP contribution in [0.1, 0.15) is 21.5 Å². The van der Waals surface area contributed by atoms with E-state index in [1.807, 2.05) is 26.0 Å². The van der Waals surface area contributed by atoms with E-state index in [9.17, 15) is 13.2 Å². The molecule has 0 fully saturated rings. The van der Waals surface area contributed by atoms with Crippen LogP contribution in [0.2, 0.25) is 5.02 Å². The smallest absolute Gasteiger partial charge is 0.258 e. The molecular weight excluding hydrogens is 358 g/mol. The molecule has 6 heteroatoms. The lowest BCUT2D eigenvalue weighted by atomic mass is 10.0. The molecule has 0 aliphatic carbocycles. The highest BCUT2D eigenvalue weighted by atomic mass is 35.5. The van der Waals surface area contributed by atoms with Crippen LogP contribution in [0.25, 0.3) is 0 Å². The van der Waals surface area contributed by atoms with Crippen LogP contribution in [0.5, 0.6) is 0 Å². The molecule has 1 amide bonds. The Kier molecular flexibility index (Phi) is 4.71. The van der Waals surface area contributed by atoms with Gasteiger partial charge in [-0.15, -0.1) is 0 Å². The molecule has 0 bridgehead atoms. The van der Waals surface area contributed by atoms with Crippen molar-refractivity contribution in [2.75, 3.05) is 10.7 Å². The van der Waals surface area contributed by atoms with Gasteiger partial charge >= 0.3 is 0 Å². The summed E-state index contributed by atoms with van der Waals surface area (Å²) in [6.07, 6.45) is 1.56. The maximum Gasteiger partial charge on any atom is 0.258 e. The SMILES string of the molecule is Cc1ccc(C(=O)N(c2ccc(Cl)cc2)[C@@H]2C=CS(=O)(=O)C2)cc1C. The van der Waals surface area contributed by atoms with Gasteiger partial charge in [0.25, 0.3) is 5.91 Å². The Morgan fingerprint density at radius 3 is 2.32 bits per heavy atom. The van der Waals surface area contributed by atoms with Crippen LogP contribution in [0.15, 0.2) is 53.9 Å². The maximum atomic E-state index is 13.2. The van der Waals surface area contributed by atoms with Gasteiger partial charge in [0.1, 0.15) is 0 Å². The number of benzene rings is 2. The maximum absolute atomic E-state index is 13.2. The van der Waals surface area contributed by atoms with Crippen LogP contribution < -0.4 is 4.90 Å². The summed E-state index contributed by atoms with van der Waals surface area (Å²) in [7, 11) is -3.29.